The molecule has 2 fully saturated rings. The molecule has 4 atom stereocenters. The number of hydrogen-bond acceptors (Lipinski definition) is 4. The van der Waals surface area contributed by atoms with Gasteiger partial charge in [0.1, 0.15) is 0 Å². The molecule has 0 amide bonds. The van der Waals surface area contributed by atoms with Crippen molar-refractivity contribution in [3.8, 4) is 0 Å². The van der Waals surface area contributed by atoms with Crippen molar-refractivity contribution < 1.29 is 13.1 Å². The van der Waals surface area contributed by atoms with Crippen molar-refractivity contribution in [2.24, 2.45) is 0 Å². The molecule has 2 bridgehead atoms. The summed E-state index contributed by atoms with van der Waals surface area (Å²) in [5.41, 5.74) is 0. The molecule has 2 heterocycles. The summed E-state index contributed by atoms with van der Waals surface area (Å²) in [5, 5.41) is 7.71. The van der Waals surface area contributed by atoms with Crippen molar-refractivity contribution in [1.29, 1.82) is 0 Å². The molecule has 4 unspecified atom stereocenters. The molecular weight excluding hydrogens is 422 g/mol. The maximum absolute atomic E-state index is 4.80. The minimum atomic E-state index is 0.00694. The molecule has 4 nitrogen and oxygen atoms in total. The number of halogens is 2. The number of nitrogens with one attached hydrogen (secondary N) is 2. The Bertz CT molecular complexity index is 309. The molecule has 0 aliphatic carbocycles. The molecule has 2 N–H and O–H groups in total. The van der Waals surface area contributed by atoms with E-state index in [1.54, 1.807) is 0 Å². The SMILES string of the molecule is CCCCC1CCN2CCNC(CCCC)CCN(CCN1)CC2.[Cl][Mn][Cl]. The van der Waals surface area contributed by atoms with Crippen molar-refractivity contribution in [2.45, 2.75) is 77.3 Å². The van der Waals surface area contributed by atoms with E-state index in [1.807, 2.05) is 0 Å². The Morgan fingerprint density at radius 3 is 1.52 bits per heavy atom. The Balaban J connectivity index is 0.00000114. The molecular formula is C20H42Cl2MnN4. The Hall–Kier alpha value is 0.939. The summed E-state index contributed by atoms with van der Waals surface area (Å²) in [6.07, 6.45) is 10.7. The molecule has 0 aromatic rings. The van der Waals surface area contributed by atoms with Crippen LogP contribution in [0.3, 0.4) is 0 Å². The zero-order chi connectivity index (χ0) is 19.7. The number of nitrogens with zero attached hydrogens (tertiary/aromatic N) is 2. The molecule has 2 saturated heterocycles. The Morgan fingerprint density at radius 2 is 1.15 bits per heavy atom. The molecule has 0 aromatic carbocycles. The van der Waals surface area contributed by atoms with E-state index in [2.05, 4.69) is 34.3 Å². The van der Waals surface area contributed by atoms with E-state index in [4.69, 9.17) is 20.2 Å². The van der Waals surface area contributed by atoms with Crippen molar-refractivity contribution >= 4 is 20.2 Å². The van der Waals surface area contributed by atoms with Gasteiger partial charge in [-0.05, 0) is 38.8 Å². The number of fused-ring (bicyclic) bond motifs is 3. The van der Waals surface area contributed by atoms with Crippen LogP contribution in [-0.2, 0) is 13.1 Å². The fraction of sp³-hybridized carbons (Fsp3) is 1.00. The quantitative estimate of drug-likeness (QED) is 0.581. The number of unbranched alkanes of at least 4 members (excludes halogenated alkanes) is 2. The van der Waals surface area contributed by atoms with Gasteiger partial charge in [-0.3, -0.25) is 0 Å². The van der Waals surface area contributed by atoms with E-state index >= 15 is 0 Å². The van der Waals surface area contributed by atoms with Crippen molar-refractivity contribution in [3.05, 3.63) is 0 Å². The molecule has 2 rings (SSSR count). The summed E-state index contributed by atoms with van der Waals surface area (Å²) in [5.74, 6) is 0. The molecule has 2 aliphatic rings. The van der Waals surface area contributed by atoms with Crippen molar-refractivity contribution in [1.82, 2.24) is 20.4 Å². The number of rotatable bonds is 6. The fourth-order valence-electron chi connectivity index (χ4n) is 4.08. The van der Waals surface area contributed by atoms with Gasteiger partial charge in [0.05, 0.1) is 0 Å². The third-order valence-corrected chi connectivity index (χ3v) is 5.85. The van der Waals surface area contributed by atoms with Crippen LogP contribution in [0.4, 0.5) is 0 Å². The third kappa shape index (κ3) is 13.0. The molecule has 0 aromatic heterocycles. The van der Waals surface area contributed by atoms with E-state index in [-0.39, 0.29) is 13.1 Å². The Morgan fingerprint density at radius 1 is 0.741 bits per heavy atom. The van der Waals surface area contributed by atoms with E-state index in [0.717, 1.165) is 12.1 Å². The molecule has 0 radical (unpaired) electrons. The van der Waals surface area contributed by atoms with E-state index < -0.39 is 0 Å². The van der Waals surface area contributed by atoms with Gasteiger partial charge in [0.15, 0.2) is 0 Å². The first-order valence-corrected chi connectivity index (χ1v) is 14.3. The molecule has 163 valence electrons. The van der Waals surface area contributed by atoms with Gasteiger partial charge in [-0.2, -0.15) is 0 Å². The van der Waals surface area contributed by atoms with Crippen LogP contribution in [0, 0.1) is 0 Å². The predicted octanol–water partition coefficient (Wildman–Crippen LogP) is 4.07. The van der Waals surface area contributed by atoms with Gasteiger partial charge in [-0.1, -0.05) is 39.5 Å². The normalized spacial score (nSPS) is 30.2. The molecule has 27 heavy (non-hydrogen) atoms. The minimum absolute atomic E-state index is 0.00694. The van der Waals surface area contributed by atoms with Gasteiger partial charge < -0.3 is 20.4 Å². The van der Waals surface area contributed by atoms with Gasteiger partial charge >= 0.3 is 33.3 Å². The number of hydrogen-bond donors (Lipinski definition) is 2. The van der Waals surface area contributed by atoms with Gasteiger partial charge in [-0.15, -0.1) is 0 Å². The summed E-state index contributed by atoms with van der Waals surface area (Å²) in [6, 6.07) is 1.45. The van der Waals surface area contributed by atoms with Crippen LogP contribution in [-0.4, -0.2) is 74.2 Å². The van der Waals surface area contributed by atoms with Crippen LogP contribution >= 0.6 is 20.2 Å². The van der Waals surface area contributed by atoms with E-state index in [9.17, 15) is 0 Å². The maximum atomic E-state index is 4.80. The van der Waals surface area contributed by atoms with E-state index in [1.165, 1.54) is 104 Å². The fourth-order valence-corrected chi connectivity index (χ4v) is 4.08. The van der Waals surface area contributed by atoms with Crippen LogP contribution < -0.4 is 10.6 Å². The second-order valence-electron chi connectivity index (χ2n) is 7.90. The molecule has 0 saturated carbocycles. The van der Waals surface area contributed by atoms with Crippen molar-refractivity contribution in [3.63, 3.8) is 0 Å². The standard InChI is InChI=1S/C20H42N4.2ClH.Mn/c1-3-5-7-19-9-13-23-16-12-22-20(8-6-4-2)10-14-24(18-17-23)15-11-21-19;;;/h19-22H,3-18H2,1-2H3;2*1H;/q;;;+2/p-2. The van der Waals surface area contributed by atoms with Crippen LogP contribution in [0.15, 0.2) is 0 Å². The average Bonchev–Trinajstić information content (AvgIpc) is 2.68. The van der Waals surface area contributed by atoms with Crippen LogP contribution in [0.25, 0.3) is 0 Å². The third-order valence-electron chi connectivity index (χ3n) is 5.85. The summed E-state index contributed by atoms with van der Waals surface area (Å²) in [6.45, 7) is 14.4. The van der Waals surface area contributed by atoms with Gasteiger partial charge in [0.25, 0.3) is 0 Å². The van der Waals surface area contributed by atoms with Crippen molar-refractivity contribution in [2.75, 3.05) is 52.4 Å². The zero-order valence-corrected chi connectivity index (χ0v) is 20.2. The predicted molar refractivity (Wildman–Crippen MR) is 116 cm³/mol. The first-order chi connectivity index (χ1) is 13.2. The van der Waals surface area contributed by atoms with Gasteiger partial charge in [0.2, 0.25) is 0 Å². The topological polar surface area (TPSA) is 30.5 Å². The summed E-state index contributed by atoms with van der Waals surface area (Å²) in [4.78, 5) is 5.41. The van der Waals surface area contributed by atoms with Crippen LogP contribution in [0.2, 0.25) is 0 Å². The first kappa shape index (κ1) is 26.0. The zero-order valence-electron chi connectivity index (χ0n) is 17.5. The second-order valence-corrected chi connectivity index (χ2v) is 9.85. The van der Waals surface area contributed by atoms with Crippen LogP contribution in [0.1, 0.15) is 65.2 Å². The van der Waals surface area contributed by atoms with E-state index in [0.29, 0.717) is 0 Å². The van der Waals surface area contributed by atoms with Crippen LogP contribution in [0.5, 0.6) is 0 Å². The Kier molecular flexibility index (Phi) is 17.1. The average molecular weight is 464 g/mol. The van der Waals surface area contributed by atoms with Gasteiger partial charge in [0, 0.05) is 51.4 Å². The molecule has 7 heteroatoms. The molecule has 0 spiro atoms. The Labute approximate surface area is 183 Å². The van der Waals surface area contributed by atoms with Gasteiger partial charge in [-0.25, -0.2) is 0 Å². The second kappa shape index (κ2) is 17.8. The monoisotopic (exact) mass is 463 g/mol. The summed E-state index contributed by atoms with van der Waals surface area (Å²) >= 11 is 0.00694. The first-order valence-electron chi connectivity index (χ1n) is 11.0. The summed E-state index contributed by atoms with van der Waals surface area (Å²) in [7, 11) is 9.59. The summed E-state index contributed by atoms with van der Waals surface area (Å²) < 4.78 is 0. The molecule has 2 aliphatic heterocycles.